The van der Waals surface area contributed by atoms with Crippen molar-refractivity contribution in [1.29, 1.82) is 0 Å². The van der Waals surface area contributed by atoms with E-state index in [-0.39, 0.29) is 11.9 Å². The SMILES string of the molecule is CCc1noc(-c2ccc(C)c(NC(=O)c3cn(C4CCNCC4)nn3)c2)n1. The summed E-state index contributed by atoms with van der Waals surface area (Å²) in [6, 6.07) is 5.92. The van der Waals surface area contributed by atoms with Crippen LogP contribution >= 0.6 is 0 Å². The molecule has 28 heavy (non-hydrogen) atoms. The molecule has 0 aliphatic carbocycles. The first kappa shape index (κ1) is 18.3. The van der Waals surface area contributed by atoms with E-state index in [1.165, 1.54) is 0 Å². The average molecular weight is 381 g/mol. The van der Waals surface area contributed by atoms with Crippen molar-refractivity contribution in [2.75, 3.05) is 18.4 Å². The van der Waals surface area contributed by atoms with Crippen LogP contribution in [0.25, 0.3) is 11.5 Å². The summed E-state index contributed by atoms with van der Waals surface area (Å²) in [5, 5.41) is 18.4. The number of aromatic nitrogens is 5. The van der Waals surface area contributed by atoms with Gasteiger partial charge in [-0.1, -0.05) is 23.4 Å². The summed E-state index contributed by atoms with van der Waals surface area (Å²) in [5.41, 5.74) is 2.66. The van der Waals surface area contributed by atoms with Crippen LogP contribution in [-0.4, -0.2) is 44.1 Å². The van der Waals surface area contributed by atoms with E-state index in [1.807, 2.05) is 32.0 Å². The Labute approximate surface area is 162 Å². The molecule has 0 spiro atoms. The third-order valence-corrected chi connectivity index (χ3v) is 4.94. The molecular weight excluding hydrogens is 358 g/mol. The molecule has 0 bridgehead atoms. The number of anilines is 1. The maximum atomic E-state index is 12.7. The highest BCUT2D eigenvalue weighted by atomic mass is 16.5. The summed E-state index contributed by atoms with van der Waals surface area (Å²) in [4.78, 5) is 17.0. The molecule has 2 N–H and O–H groups in total. The number of benzene rings is 1. The minimum Gasteiger partial charge on any atom is -0.334 e. The maximum Gasteiger partial charge on any atom is 0.277 e. The van der Waals surface area contributed by atoms with Gasteiger partial charge in [0.1, 0.15) is 0 Å². The van der Waals surface area contributed by atoms with Gasteiger partial charge in [0, 0.05) is 17.7 Å². The molecule has 0 saturated carbocycles. The predicted octanol–water partition coefficient (Wildman–Crippen LogP) is 2.38. The third kappa shape index (κ3) is 3.79. The average Bonchev–Trinajstić information content (AvgIpc) is 3.40. The second kappa shape index (κ2) is 7.89. The monoisotopic (exact) mass is 381 g/mol. The molecule has 1 saturated heterocycles. The molecule has 9 heteroatoms. The molecule has 0 atom stereocenters. The van der Waals surface area contributed by atoms with Crippen LogP contribution in [0.5, 0.6) is 0 Å². The van der Waals surface area contributed by atoms with Crippen molar-refractivity contribution in [3.05, 3.63) is 41.5 Å². The fourth-order valence-electron chi connectivity index (χ4n) is 3.22. The van der Waals surface area contributed by atoms with Crippen molar-refractivity contribution in [3.8, 4) is 11.5 Å². The van der Waals surface area contributed by atoms with Gasteiger partial charge in [0.2, 0.25) is 0 Å². The molecule has 3 heterocycles. The van der Waals surface area contributed by atoms with Gasteiger partial charge in [-0.3, -0.25) is 4.79 Å². The van der Waals surface area contributed by atoms with Crippen molar-refractivity contribution < 1.29 is 9.32 Å². The summed E-state index contributed by atoms with van der Waals surface area (Å²) >= 11 is 0. The standard InChI is InChI=1S/C19H23N7O2/c1-3-17-22-19(28-24-17)13-5-4-12(2)15(10-13)21-18(27)16-11-26(25-23-16)14-6-8-20-9-7-14/h4-5,10-11,14,20H,3,6-9H2,1-2H3,(H,21,27). The Bertz CT molecular complexity index is 972. The summed E-state index contributed by atoms with van der Waals surface area (Å²) in [7, 11) is 0. The lowest BCUT2D eigenvalue weighted by atomic mass is 10.1. The van der Waals surface area contributed by atoms with E-state index < -0.39 is 0 Å². The normalized spacial score (nSPS) is 14.9. The lowest BCUT2D eigenvalue weighted by Gasteiger charge is -2.22. The lowest BCUT2D eigenvalue weighted by Crippen LogP contribution is -2.29. The van der Waals surface area contributed by atoms with Gasteiger partial charge in [-0.25, -0.2) is 4.68 Å². The van der Waals surface area contributed by atoms with Crippen LogP contribution < -0.4 is 10.6 Å². The molecule has 3 aromatic rings. The number of carbonyl (C=O) groups is 1. The van der Waals surface area contributed by atoms with Crippen molar-refractivity contribution in [1.82, 2.24) is 30.5 Å². The molecule has 4 rings (SSSR count). The van der Waals surface area contributed by atoms with Crippen LogP contribution in [0.1, 0.15) is 47.7 Å². The number of nitrogens with one attached hydrogen (secondary N) is 2. The first-order valence-corrected chi connectivity index (χ1v) is 9.51. The van der Waals surface area contributed by atoms with Crippen LogP contribution in [0.15, 0.2) is 28.9 Å². The number of hydrogen-bond donors (Lipinski definition) is 2. The van der Waals surface area contributed by atoms with Gasteiger partial charge in [-0.05, 0) is 50.6 Å². The second-order valence-electron chi connectivity index (χ2n) is 6.92. The van der Waals surface area contributed by atoms with Crippen LogP contribution in [-0.2, 0) is 6.42 Å². The minimum atomic E-state index is -0.291. The summed E-state index contributed by atoms with van der Waals surface area (Å²) in [6.07, 6.45) is 4.38. The molecule has 1 amide bonds. The van der Waals surface area contributed by atoms with Gasteiger partial charge in [-0.2, -0.15) is 4.98 Å². The minimum absolute atomic E-state index is 0.283. The number of amides is 1. The smallest absolute Gasteiger partial charge is 0.277 e. The molecule has 0 unspecified atom stereocenters. The van der Waals surface area contributed by atoms with Crippen LogP contribution in [0, 0.1) is 6.92 Å². The van der Waals surface area contributed by atoms with Crippen molar-refractivity contribution >= 4 is 11.6 Å². The van der Waals surface area contributed by atoms with Gasteiger partial charge in [0.05, 0.1) is 12.2 Å². The summed E-state index contributed by atoms with van der Waals surface area (Å²) in [5.74, 6) is 0.792. The molecule has 1 aromatic carbocycles. The zero-order valence-electron chi connectivity index (χ0n) is 16.0. The van der Waals surface area contributed by atoms with E-state index >= 15 is 0 Å². The highest BCUT2D eigenvalue weighted by molar-refractivity contribution is 6.03. The zero-order valence-corrected chi connectivity index (χ0v) is 16.0. The second-order valence-corrected chi connectivity index (χ2v) is 6.92. The van der Waals surface area contributed by atoms with Gasteiger partial charge >= 0.3 is 0 Å². The zero-order chi connectivity index (χ0) is 19.5. The molecule has 1 aliphatic heterocycles. The first-order valence-electron chi connectivity index (χ1n) is 9.51. The van der Waals surface area contributed by atoms with Crippen LogP contribution in [0.3, 0.4) is 0 Å². The van der Waals surface area contributed by atoms with Gasteiger partial charge < -0.3 is 15.2 Å². The van der Waals surface area contributed by atoms with Crippen molar-refractivity contribution in [2.24, 2.45) is 0 Å². The topological polar surface area (TPSA) is 111 Å². The molecule has 0 radical (unpaired) electrons. The fourth-order valence-corrected chi connectivity index (χ4v) is 3.22. The van der Waals surface area contributed by atoms with E-state index in [0.717, 1.165) is 37.1 Å². The van der Waals surface area contributed by atoms with Gasteiger partial charge in [0.25, 0.3) is 11.8 Å². The van der Waals surface area contributed by atoms with Crippen molar-refractivity contribution in [2.45, 2.75) is 39.2 Å². The maximum absolute atomic E-state index is 12.7. The molecular formula is C19H23N7O2. The molecule has 9 nitrogen and oxygen atoms in total. The van der Waals surface area contributed by atoms with E-state index in [4.69, 9.17) is 4.52 Å². The molecule has 146 valence electrons. The Morgan fingerprint density at radius 1 is 1.36 bits per heavy atom. The van der Waals surface area contributed by atoms with E-state index in [0.29, 0.717) is 29.5 Å². The lowest BCUT2D eigenvalue weighted by molar-refractivity contribution is 0.102. The number of piperidine rings is 1. The molecule has 1 fully saturated rings. The Balaban J connectivity index is 1.51. The number of rotatable bonds is 5. The Kier molecular flexibility index (Phi) is 5.16. The highest BCUT2D eigenvalue weighted by Gasteiger charge is 2.19. The summed E-state index contributed by atoms with van der Waals surface area (Å²) in [6.45, 7) is 5.80. The van der Waals surface area contributed by atoms with Crippen LogP contribution in [0.4, 0.5) is 5.69 Å². The summed E-state index contributed by atoms with van der Waals surface area (Å²) < 4.78 is 7.09. The van der Waals surface area contributed by atoms with Crippen molar-refractivity contribution in [3.63, 3.8) is 0 Å². The Morgan fingerprint density at radius 3 is 2.93 bits per heavy atom. The quantitative estimate of drug-likeness (QED) is 0.698. The number of aryl methyl sites for hydroxylation is 2. The first-order chi connectivity index (χ1) is 13.6. The van der Waals surface area contributed by atoms with E-state index in [2.05, 4.69) is 31.1 Å². The van der Waals surface area contributed by atoms with E-state index in [1.54, 1.807) is 10.9 Å². The Hall–Kier alpha value is -3.07. The van der Waals surface area contributed by atoms with Gasteiger partial charge in [-0.15, -0.1) is 5.10 Å². The molecule has 1 aliphatic rings. The third-order valence-electron chi connectivity index (χ3n) is 4.94. The van der Waals surface area contributed by atoms with Crippen LogP contribution in [0.2, 0.25) is 0 Å². The number of carbonyl (C=O) groups excluding carboxylic acids is 1. The predicted molar refractivity (Wildman–Crippen MR) is 103 cm³/mol. The number of nitrogens with zero attached hydrogens (tertiary/aromatic N) is 5. The largest absolute Gasteiger partial charge is 0.334 e. The van der Waals surface area contributed by atoms with Gasteiger partial charge in [0.15, 0.2) is 11.5 Å². The fraction of sp³-hybridized carbons (Fsp3) is 0.421. The number of hydrogen-bond acceptors (Lipinski definition) is 7. The molecule has 2 aromatic heterocycles. The van der Waals surface area contributed by atoms with E-state index in [9.17, 15) is 4.79 Å². The Morgan fingerprint density at radius 2 is 2.18 bits per heavy atom. The highest BCUT2D eigenvalue weighted by Crippen LogP contribution is 2.25.